The second-order valence-electron chi connectivity index (χ2n) is 4.90. The molecule has 2 N–H and O–H groups in total. The Morgan fingerprint density at radius 2 is 2.28 bits per heavy atom. The molecule has 1 heterocycles. The van der Waals surface area contributed by atoms with Crippen LogP contribution in [0.3, 0.4) is 0 Å². The Bertz CT molecular complexity index is 361. The zero-order valence-electron chi connectivity index (χ0n) is 11.4. The fourth-order valence-corrected chi connectivity index (χ4v) is 2.64. The number of ether oxygens (including phenoxy) is 1. The molecular formula is C15H24N2O. The lowest BCUT2D eigenvalue weighted by atomic mass is 10.0. The second kappa shape index (κ2) is 6.76. The molecule has 0 aromatic heterocycles. The molecule has 1 saturated heterocycles. The lowest BCUT2D eigenvalue weighted by Gasteiger charge is -2.22. The fraction of sp³-hybridized carbons (Fsp3) is 0.600. The molecule has 1 aromatic carbocycles. The van der Waals surface area contributed by atoms with Gasteiger partial charge in [-0.2, -0.15) is 0 Å². The van der Waals surface area contributed by atoms with E-state index in [1.807, 2.05) is 12.1 Å². The van der Waals surface area contributed by atoms with Crippen molar-refractivity contribution in [3.8, 4) is 5.75 Å². The maximum atomic E-state index is 5.44. The van der Waals surface area contributed by atoms with Crippen molar-refractivity contribution in [1.82, 2.24) is 10.6 Å². The third-order valence-electron chi connectivity index (χ3n) is 3.70. The van der Waals surface area contributed by atoms with Gasteiger partial charge in [0.15, 0.2) is 0 Å². The normalized spacial score (nSPS) is 20.9. The second-order valence-corrected chi connectivity index (χ2v) is 4.90. The summed E-state index contributed by atoms with van der Waals surface area (Å²) in [6, 6.07) is 9.30. The first-order chi connectivity index (χ1) is 8.85. The average molecular weight is 248 g/mol. The maximum absolute atomic E-state index is 5.44. The molecule has 0 amide bonds. The molecule has 0 saturated carbocycles. The number of para-hydroxylation sites is 1. The SMILES string of the molecule is CCC(NCC1CCCN1)c1ccccc1OC. The summed E-state index contributed by atoms with van der Waals surface area (Å²) in [5.41, 5.74) is 1.26. The van der Waals surface area contributed by atoms with Crippen molar-refractivity contribution in [2.45, 2.75) is 38.3 Å². The van der Waals surface area contributed by atoms with Gasteiger partial charge in [0.1, 0.15) is 5.75 Å². The van der Waals surface area contributed by atoms with E-state index in [4.69, 9.17) is 4.74 Å². The molecule has 1 aliphatic heterocycles. The number of hydrogen-bond acceptors (Lipinski definition) is 3. The minimum Gasteiger partial charge on any atom is -0.496 e. The van der Waals surface area contributed by atoms with Gasteiger partial charge in [0.25, 0.3) is 0 Å². The van der Waals surface area contributed by atoms with Crippen LogP contribution in [0.1, 0.15) is 37.8 Å². The van der Waals surface area contributed by atoms with Crippen molar-refractivity contribution in [3.63, 3.8) is 0 Å². The first-order valence-corrected chi connectivity index (χ1v) is 6.94. The highest BCUT2D eigenvalue weighted by Gasteiger charge is 2.18. The minimum absolute atomic E-state index is 0.378. The Morgan fingerprint density at radius 3 is 2.94 bits per heavy atom. The Morgan fingerprint density at radius 1 is 1.44 bits per heavy atom. The highest BCUT2D eigenvalue weighted by molar-refractivity contribution is 5.35. The van der Waals surface area contributed by atoms with Crippen molar-refractivity contribution in [2.75, 3.05) is 20.2 Å². The standard InChI is InChI=1S/C15H24N2O/c1-3-14(17-11-12-7-6-10-16-12)13-8-4-5-9-15(13)18-2/h4-5,8-9,12,14,16-17H,3,6-7,10-11H2,1-2H3. The van der Waals surface area contributed by atoms with Gasteiger partial charge in [-0.25, -0.2) is 0 Å². The smallest absolute Gasteiger partial charge is 0.123 e. The Kier molecular flexibility index (Phi) is 5.02. The molecule has 0 radical (unpaired) electrons. The molecule has 1 aromatic rings. The van der Waals surface area contributed by atoms with Gasteiger partial charge in [-0.3, -0.25) is 0 Å². The van der Waals surface area contributed by atoms with Crippen molar-refractivity contribution in [3.05, 3.63) is 29.8 Å². The van der Waals surface area contributed by atoms with Crippen LogP contribution >= 0.6 is 0 Å². The summed E-state index contributed by atoms with van der Waals surface area (Å²) < 4.78 is 5.44. The Balaban J connectivity index is 1.98. The molecule has 18 heavy (non-hydrogen) atoms. The predicted molar refractivity (Wildman–Crippen MR) is 75.1 cm³/mol. The lowest BCUT2D eigenvalue weighted by Crippen LogP contribution is -2.35. The van der Waals surface area contributed by atoms with Gasteiger partial charge in [0, 0.05) is 24.2 Å². The zero-order valence-corrected chi connectivity index (χ0v) is 11.4. The lowest BCUT2D eigenvalue weighted by molar-refractivity contribution is 0.392. The number of rotatable bonds is 6. The molecule has 2 rings (SSSR count). The molecule has 0 aliphatic carbocycles. The van der Waals surface area contributed by atoms with Gasteiger partial charge < -0.3 is 15.4 Å². The van der Waals surface area contributed by atoms with E-state index in [2.05, 4.69) is 29.7 Å². The summed E-state index contributed by atoms with van der Waals surface area (Å²) in [5.74, 6) is 0.983. The Labute approximate surface area is 110 Å². The molecule has 3 heteroatoms. The third-order valence-corrected chi connectivity index (χ3v) is 3.70. The van der Waals surface area contributed by atoms with Crippen LogP contribution in [0, 0.1) is 0 Å². The highest BCUT2D eigenvalue weighted by Crippen LogP contribution is 2.26. The molecule has 1 fully saturated rings. The molecular weight excluding hydrogens is 224 g/mol. The van der Waals surface area contributed by atoms with Crippen molar-refractivity contribution in [1.29, 1.82) is 0 Å². The maximum Gasteiger partial charge on any atom is 0.123 e. The van der Waals surface area contributed by atoms with E-state index in [-0.39, 0.29) is 0 Å². The van der Waals surface area contributed by atoms with Crippen LogP contribution < -0.4 is 15.4 Å². The first kappa shape index (κ1) is 13.4. The van der Waals surface area contributed by atoms with Gasteiger partial charge in [-0.05, 0) is 31.9 Å². The van der Waals surface area contributed by atoms with Crippen LogP contribution in [0.15, 0.2) is 24.3 Å². The number of nitrogens with one attached hydrogen (secondary N) is 2. The number of methoxy groups -OCH3 is 1. The fourth-order valence-electron chi connectivity index (χ4n) is 2.64. The molecule has 100 valence electrons. The molecule has 0 spiro atoms. The summed E-state index contributed by atoms with van der Waals surface area (Å²) in [6.07, 6.45) is 3.67. The molecule has 1 aliphatic rings. The van der Waals surface area contributed by atoms with Gasteiger partial charge in [0.2, 0.25) is 0 Å². The highest BCUT2D eigenvalue weighted by atomic mass is 16.5. The van der Waals surface area contributed by atoms with Crippen LogP contribution in [0.25, 0.3) is 0 Å². The largest absolute Gasteiger partial charge is 0.496 e. The molecule has 2 atom stereocenters. The van der Waals surface area contributed by atoms with E-state index < -0.39 is 0 Å². The number of benzene rings is 1. The van der Waals surface area contributed by atoms with Crippen molar-refractivity contribution in [2.24, 2.45) is 0 Å². The van der Waals surface area contributed by atoms with E-state index in [1.165, 1.54) is 18.4 Å². The first-order valence-electron chi connectivity index (χ1n) is 6.94. The summed E-state index contributed by atoms with van der Waals surface area (Å²) in [7, 11) is 1.74. The van der Waals surface area contributed by atoms with Gasteiger partial charge in [-0.15, -0.1) is 0 Å². The summed E-state index contributed by atoms with van der Waals surface area (Å²) in [5, 5.41) is 7.18. The summed E-state index contributed by atoms with van der Waals surface area (Å²) in [4.78, 5) is 0. The van der Waals surface area contributed by atoms with Gasteiger partial charge >= 0.3 is 0 Å². The van der Waals surface area contributed by atoms with Crippen LogP contribution in [-0.4, -0.2) is 26.2 Å². The molecule has 0 bridgehead atoms. The van der Waals surface area contributed by atoms with Crippen LogP contribution in [0.5, 0.6) is 5.75 Å². The van der Waals surface area contributed by atoms with E-state index in [0.29, 0.717) is 12.1 Å². The molecule has 2 unspecified atom stereocenters. The van der Waals surface area contributed by atoms with E-state index >= 15 is 0 Å². The third kappa shape index (κ3) is 3.24. The van der Waals surface area contributed by atoms with Crippen LogP contribution in [-0.2, 0) is 0 Å². The van der Waals surface area contributed by atoms with Gasteiger partial charge in [0.05, 0.1) is 7.11 Å². The van der Waals surface area contributed by atoms with E-state index in [0.717, 1.165) is 25.3 Å². The Hall–Kier alpha value is -1.06. The predicted octanol–water partition coefficient (Wildman–Crippen LogP) is 2.49. The molecule has 3 nitrogen and oxygen atoms in total. The van der Waals surface area contributed by atoms with Crippen molar-refractivity contribution < 1.29 is 4.74 Å². The van der Waals surface area contributed by atoms with E-state index in [1.54, 1.807) is 7.11 Å². The van der Waals surface area contributed by atoms with Crippen LogP contribution in [0.4, 0.5) is 0 Å². The van der Waals surface area contributed by atoms with Crippen molar-refractivity contribution >= 4 is 0 Å². The topological polar surface area (TPSA) is 33.3 Å². The minimum atomic E-state index is 0.378. The quantitative estimate of drug-likeness (QED) is 0.811. The van der Waals surface area contributed by atoms with E-state index in [9.17, 15) is 0 Å². The number of hydrogen-bond donors (Lipinski definition) is 2. The van der Waals surface area contributed by atoms with Gasteiger partial charge in [-0.1, -0.05) is 25.1 Å². The monoisotopic (exact) mass is 248 g/mol. The summed E-state index contributed by atoms with van der Waals surface area (Å²) >= 11 is 0. The average Bonchev–Trinajstić information content (AvgIpc) is 2.93. The summed E-state index contributed by atoms with van der Waals surface area (Å²) in [6.45, 7) is 4.42. The van der Waals surface area contributed by atoms with Crippen LogP contribution in [0.2, 0.25) is 0 Å². The zero-order chi connectivity index (χ0) is 12.8.